The fraction of sp³-hybridized carbons (Fsp3) is 0.400. The highest BCUT2D eigenvalue weighted by molar-refractivity contribution is 8.00. The zero-order valence-corrected chi connectivity index (χ0v) is 36.6. The average molecular weight is 863 g/mol. The van der Waals surface area contributed by atoms with Gasteiger partial charge in [0.25, 0.3) is 0 Å². The van der Waals surface area contributed by atoms with E-state index in [0.717, 1.165) is 82.4 Å². The molecule has 0 spiro atoms. The van der Waals surface area contributed by atoms with E-state index in [-0.39, 0.29) is 54.6 Å². The molecule has 1 fully saturated rings. The van der Waals surface area contributed by atoms with Crippen LogP contribution in [0.1, 0.15) is 68.9 Å². The van der Waals surface area contributed by atoms with Gasteiger partial charge in [-0.1, -0.05) is 78.7 Å². The van der Waals surface area contributed by atoms with E-state index in [9.17, 15) is 15.0 Å². The summed E-state index contributed by atoms with van der Waals surface area (Å²) >= 11 is 3.45. The molecule has 0 radical (unpaired) electrons. The molecule has 7 rings (SSSR count). The molecule has 9 nitrogen and oxygen atoms in total. The number of nitrogens with zero attached hydrogens (tertiary/aromatic N) is 1. The van der Waals surface area contributed by atoms with Crippen molar-refractivity contribution < 1.29 is 34.1 Å². The topological polar surface area (TPSA) is 119 Å². The molecule has 6 atom stereocenters. The molecule has 1 amide bonds. The zero-order chi connectivity index (χ0) is 42.4. The lowest BCUT2D eigenvalue weighted by atomic mass is 9.56. The third-order valence-corrected chi connectivity index (χ3v) is 14.0. The minimum atomic E-state index is -1.13. The summed E-state index contributed by atoms with van der Waals surface area (Å²) in [4.78, 5) is 20.3. The molecule has 4 aromatic carbocycles. The summed E-state index contributed by atoms with van der Waals surface area (Å²) in [5, 5.41) is 27.4. The molecule has 322 valence electrons. The Morgan fingerprint density at radius 2 is 1.67 bits per heavy atom. The van der Waals surface area contributed by atoms with Crippen molar-refractivity contribution in [3.05, 3.63) is 139 Å². The van der Waals surface area contributed by atoms with Crippen LogP contribution in [0.4, 0.5) is 5.69 Å². The van der Waals surface area contributed by atoms with Gasteiger partial charge in [-0.15, -0.1) is 30.1 Å². The van der Waals surface area contributed by atoms with E-state index in [0.29, 0.717) is 26.1 Å². The maximum atomic E-state index is 11.9. The molecule has 6 unspecified atom stereocenters. The van der Waals surface area contributed by atoms with Crippen molar-refractivity contribution in [3.8, 4) is 11.5 Å². The van der Waals surface area contributed by atoms with Gasteiger partial charge in [-0.05, 0) is 103 Å². The Kier molecular flexibility index (Phi) is 16.1. The van der Waals surface area contributed by atoms with Crippen LogP contribution in [0, 0.1) is 17.8 Å². The first kappa shape index (κ1) is 44.5. The third kappa shape index (κ3) is 11.1. The molecule has 2 aliphatic carbocycles. The van der Waals surface area contributed by atoms with Crippen LogP contribution in [-0.4, -0.2) is 65.0 Å². The summed E-state index contributed by atoms with van der Waals surface area (Å²) in [6, 6.07) is 34.5. The van der Waals surface area contributed by atoms with Crippen LogP contribution in [0.5, 0.6) is 11.5 Å². The quantitative estimate of drug-likeness (QED) is 0.0307. The lowest BCUT2D eigenvalue weighted by Gasteiger charge is -2.58. The monoisotopic (exact) mass is 862 g/mol. The van der Waals surface area contributed by atoms with E-state index >= 15 is 0 Å². The first-order valence-corrected chi connectivity index (χ1v) is 23.4. The normalized spacial score (nSPS) is 23.2. The summed E-state index contributed by atoms with van der Waals surface area (Å²) in [6.07, 6.45) is 9.69. The molecule has 4 aromatic rings. The van der Waals surface area contributed by atoms with Gasteiger partial charge >= 0.3 is 0 Å². The molecular weight excluding hydrogens is 805 g/mol. The van der Waals surface area contributed by atoms with Gasteiger partial charge in [0, 0.05) is 59.3 Å². The van der Waals surface area contributed by atoms with Gasteiger partial charge < -0.3 is 34.6 Å². The number of hydrogen-bond acceptors (Lipinski definition) is 10. The Hall–Kier alpha value is -4.52. The zero-order valence-electron chi connectivity index (χ0n) is 35.0. The number of aliphatic hydroxyl groups is 2. The standard InChI is InChI=1S/C50H58N2O7S2/c1-3-28-57-50-47(61-41-23-20-38(21-24-41)51-35(2)55)33-45(52-58-34-36-14-6-4-7-15-36)43-31-37(16-10-12-26-53)42(19-11-13-27-54)48(49(43)50)44-32-39(22-25-46(44)59-50)56-29-30-60-40-17-8-5-9-18-40/h3-9,14-15,17-18,20-25,31-32,37,42,47-49,53-54H,1,10-13,16,19,26-30,33-34H2,2H3,(H,51,55). The van der Waals surface area contributed by atoms with E-state index in [1.807, 2.05) is 72.8 Å². The Balaban J connectivity index is 1.33. The Labute approximate surface area is 369 Å². The highest BCUT2D eigenvalue weighted by Crippen LogP contribution is 2.63. The van der Waals surface area contributed by atoms with Gasteiger partial charge in [0.2, 0.25) is 11.7 Å². The van der Waals surface area contributed by atoms with E-state index < -0.39 is 5.79 Å². The van der Waals surface area contributed by atoms with Gasteiger partial charge in [0.15, 0.2) is 0 Å². The Morgan fingerprint density at radius 1 is 0.934 bits per heavy atom. The first-order chi connectivity index (χ1) is 29.9. The second kappa shape index (κ2) is 22.0. The molecule has 61 heavy (non-hydrogen) atoms. The predicted octanol–water partition coefficient (Wildman–Crippen LogP) is 10.4. The predicted molar refractivity (Wildman–Crippen MR) is 245 cm³/mol. The van der Waals surface area contributed by atoms with Crippen LogP contribution >= 0.6 is 23.5 Å². The largest absolute Gasteiger partial charge is 0.493 e. The number of ether oxygens (including phenoxy) is 3. The fourth-order valence-electron chi connectivity index (χ4n) is 9.09. The van der Waals surface area contributed by atoms with E-state index in [1.165, 1.54) is 11.8 Å². The van der Waals surface area contributed by atoms with Crippen LogP contribution < -0.4 is 14.8 Å². The molecule has 0 saturated heterocycles. The molecule has 1 heterocycles. The number of unbranched alkanes of at least 4 members (excludes halogenated alkanes) is 2. The van der Waals surface area contributed by atoms with Crippen molar-refractivity contribution in [2.75, 3.05) is 37.5 Å². The smallest absolute Gasteiger partial charge is 0.231 e. The number of carbonyl (C=O) groups excluding carboxylic acids is 1. The number of anilines is 1. The highest BCUT2D eigenvalue weighted by Gasteiger charge is 2.64. The number of thioether (sulfide) groups is 2. The second-order valence-electron chi connectivity index (χ2n) is 15.8. The van der Waals surface area contributed by atoms with Crippen molar-refractivity contribution >= 4 is 40.8 Å². The Bertz CT molecular complexity index is 2100. The molecular formula is C50H58N2O7S2. The van der Waals surface area contributed by atoms with Crippen LogP contribution in [-0.2, 0) is 21.0 Å². The number of nitrogens with one attached hydrogen (secondary N) is 1. The molecule has 1 saturated carbocycles. The number of fused-ring (bicyclic) bond motifs is 2. The molecule has 3 aliphatic rings. The second-order valence-corrected chi connectivity index (χ2v) is 18.3. The van der Waals surface area contributed by atoms with E-state index in [2.05, 4.69) is 48.3 Å². The van der Waals surface area contributed by atoms with E-state index in [1.54, 1.807) is 29.6 Å². The van der Waals surface area contributed by atoms with Gasteiger partial charge in [-0.2, -0.15) is 0 Å². The van der Waals surface area contributed by atoms with Crippen molar-refractivity contribution in [3.63, 3.8) is 0 Å². The molecule has 1 aliphatic heterocycles. The minimum absolute atomic E-state index is 0.0569. The summed E-state index contributed by atoms with van der Waals surface area (Å²) in [5.74, 6) is 1.12. The van der Waals surface area contributed by atoms with Crippen LogP contribution in [0.3, 0.4) is 0 Å². The van der Waals surface area contributed by atoms with Crippen molar-refractivity contribution in [2.45, 2.75) is 85.2 Å². The summed E-state index contributed by atoms with van der Waals surface area (Å²) in [7, 11) is 0. The number of rotatable bonds is 22. The number of carbonyl (C=O) groups is 1. The molecule has 11 heteroatoms. The number of oxime groups is 1. The number of benzene rings is 4. The number of aliphatic hydroxyl groups excluding tert-OH is 2. The minimum Gasteiger partial charge on any atom is -0.493 e. The SMILES string of the molecule is C=CCOC12Oc3ccc(OCCSc4ccccc4)cc3C3C(CCCCO)C(CCCCO)C=C(C(=NOCc4ccccc4)CC1Sc1ccc(NC(C)=O)cc1)C32. The fourth-order valence-corrected chi connectivity index (χ4v) is 11.1. The van der Waals surface area contributed by atoms with Crippen molar-refractivity contribution in [1.82, 2.24) is 0 Å². The average Bonchev–Trinajstić information content (AvgIpc) is 3.27. The van der Waals surface area contributed by atoms with Gasteiger partial charge in [-0.3, -0.25) is 4.79 Å². The van der Waals surface area contributed by atoms with Crippen molar-refractivity contribution in [2.24, 2.45) is 22.9 Å². The lowest BCUT2D eigenvalue weighted by molar-refractivity contribution is -0.223. The van der Waals surface area contributed by atoms with Crippen LogP contribution in [0.25, 0.3) is 0 Å². The molecule has 3 N–H and O–H groups in total. The number of amides is 1. The molecule has 0 aromatic heterocycles. The maximum Gasteiger partial charge on any atom is 0.231 e. The van der Waals surface area contributed by atoms with Crippen LogP contribution in [0.2, 0.25) is 0 Å². The summed E-state index contributed by atoms with van der Waals surface area (Å²) in [6.45, 7) is 7.00. The van der Waals surface area contributed by atoms with Gasteiger partial charge in [0.1, 0.15) is 18.1 Å². The van der Waals surface area contributed by atoms with Gasteiger partial charge in [0.05, 0.1) is 30.1 Å². The Morgan fingerprint density at radius 3 is 2.39 bits per heavy atom. The van der Waals surface area contributed by atoms with E-state index in [4.69, 9.17) is 24.2 Å². The summed E-state index contributed by atoms with van der Waals surface area (Å²) < 4.78 is 20.9. The number of hydrogen-bond donors (Lipinski definition) is 3. The third-order valence-electron chi connectivity index (χ3n) is 11.7. The maximum absolute atomic E-state index is 11.9. The number of allylic oxidation sites excluding steroid dienone is 1. The molecule has 0 bridgehead atoms. The lowest BCUT2D eigenvalue weighted by Crippen LogP contribution is -2.64. The summed E-state index contributed by atoms with van der Waals surface area (Å²) in [5.41, 5.74) is 4.78. The first-order valence-electron chi connectivity index (χ1n) is 21.5. The van der Waals surface area contributed by atoms with Gasteiger partial charge in [-0.25, -0.2) is 0 Å². The van der Waals surface area contributed by atoms with Crippen molar-refractivity contribution in [1.29, 1.82) is 0 Å². The highest BCUT2D eigenvalue weighted by atomic mass is 32.2. The van der Waals surface area contributed by atoms with Crippen LogP contribution in [0.15, 0.2) is 142 Å².